The minimum atomic E-state index is -0.939. The highest BCUT2D eigenvalue weighted by Crippen LogP contribution is 2.16. The Labute approximate surface area is 83.2 Å². The summed E-state index contributed by atoms with van der Waals surface area (Å²) in [5, 5.41) is 8.74. The predicted octanol–water partition coefficient (Wildman–Crippen LogP) is 1.54. The molecule has 0 spiro atoms. The number of carboxylic acid groups (broad SMARTS) is 1. The number of carbonyl (C=O) groups is 1. The fourth-order valence-electron chi connectivity index (χ4n) is 1.23. The molecule has 0 aliphatic heterocycles. The highest BCUT2D eigenvalue weighted by Gasteiger charge is 2.08. The summed E-state index contributed by atoms with van der Waals surface area (Å²) in [5.74, 6) is -0.108. The van der Waals surface area contributed by atoms with Crippen LogP contribution < -0.4 is 4.90 Å². The lowest BCUT2D eigenvalue weighted by atomic mass is 10.2. The number of pyridine rings is 1. The Kier molecular flexibility index (Phi) is 3.06. The van der Waals surface area contributed by atoms with Crippen LogP contribution in [0.5, 0.6) is 0 Å². The molecule has 0 atom stereocenters. The van der Waals surface area contributed by atoms with E-state index in [9.17, 15) is 4.79 Å². The van der Waals surface area contributed by atoms with Crippen LogP contribution in [0, 0.1) is 6.92 Å². The maximum atomic E-state index is 10.7. The van der Waals surface area contributed by atoms with Crippen LogP contribution in [0.3, 0.4) is 0 Å². The lowest BCUT2D eigenvalue weighted by Crippen LogP contribution is -2.18. The highest BCUT2D eigenvalue weighted by atomic mass is 16.4. The molecule has 0 aromatic carbocycles. The Bertz CT molecular complexity index is 350. The lowest BCUT2D eigenvalue weighted by Gasteiger charge is -2.17. The maximum Gasteiger partial charge on any atom is 0.337 e. The SMILES string of the molecule is CCN(C)c1ncc(C(=O)O)cc1C. The topological polar surface area (TPSA) is 53.4 Å². The first-order valence-electron chi connectivity index (χ1n) is 4.47. The van der Waals surface area contributed by atoms with Gasteiger partial charge < -0.3 is 10.0 Å². The molecule has 4 nitrogen and oxygen atoms in total. The number of hydrogen-bond donors (Lipinski definition) is 1. The molecule has 0 saturated heterocycles. The van der Waals surface area contributed by atoms with Crippen molar-refractivity contribution in [2.45, 2.75) is 13.8 Å². The molecule has 0 aliphatic carbocycles. The molecule has 76 valence electrons. The van der Waals surface area contributed by atoms with Gasteiger partial charge in [-0.2, -0.15) is 0 Å². The average molecular weight is 194 g/mol. The van der Waals surface area contributed by atoms with Gasteiger partial charge in [0.1, 0.15) is 5.82 Å². The van der Waals surface area contributed by atoms with Gasteiger partial charge in [-0.25, -0.2) is 9.78 Å². The summed E-state index contributed by atoms with van der Waals surface area (Å²) in [6, 6.07) is 1.64. The molecule has 0 aliphatic rings. The number of nitrogens with zero attached hydrogens (tertiary/aromatic N) is 2. The first kappa shape index (κ1) is 10.5. The van der Waals surface area contributed by atoms with Gasteiger partial charge in [-0.1, -0.05) is 0 Å². The van der Waals surface area contributed by atoms with Gasteiger partial charge in [0.2, 0.25) is 0 Å². The second-order valence-electron chi connectivity index (χ2n) is 3.18. The van der Waals surface area contributed by atoms with Crippen molar-refractivity contribution in [2.24, 2.45) is 0 Å². The summed E-state index contributed by atoms with van der Waals surface area (Å²) in [5.41, 5.74) is 1.12. The molecule has 1 aromatic rings. The van der Waals surface area contributed by atoms with E-state index in [0.29, 0.717) is 0 Å². The minimum Gasteiger partial charge on any atom is -0.478 e. The molecule has 0 unspecified atom stereocenters. The first-order valence-corrected chi connectivity index (χ1v) is 4.47. The van der Waals surface area contributed by atoms with Crippen molar-refractivity contribution >= 4 is 11.8 Å². The molecule has 0 bridgehead atoms. The summed E-state index contributed by atoms with van der Waals surface area (Å²) in [6.45, 7) is 4.73. The third-order valence-electron chi connectivity index (χ3n) is 2.13. The van der Waals surface area contributed by atoms with E-state index in [1.165, 1.54) is 6.20 Å². The van der Waals surface area contributed by atoms with E-state index in [-0.39, 0.29) is 5.56 Å². The second-order valence-corrected chi connectivity index (χ2v) is 3.18. The highest BCUT2D eigenvalue weighted by molar-refractivity contribution is 5.87. The number of aromatic nitrogens is 1. The summed E-state index contributed by atoms with van der Waals surface area (Å²) in [7, 11) is 1.93. The predicted molar refractivity (Wildman–Crippen MR) is 54.9 cm³/mol. The van der Waals surface area contributed by atoms with Gasteiger partial charge >= 0.3 is 5.97 Å². The van der Waals surface area contributed by atoms with Crippen molar-refractivity contribution in [2.75, 3.05) is 18.5 Å². The van der Waals surface area contributed by atoms with Crippen molar-refractivity contribution in [3.05, 3.63) is 23.4 Å². The zero-order valence-electron chi connectivity index (χ0n) is 8.61. The fourth-order valence-corrected chi connectivity index (χ4v) is 1.23. The van der Waals surface area contributed by atoms with E-state index in [2.05, 4.69) is 4.98 Å². The number of aromatic carboxylic acids is 1. The van der Waals surface area contributed by atoms with Gasteiger partial charge in [0.25, 0.3) is 0 Å². The van der Waals surface area contributed by atoms with E-state index in [4.69, 9.17) is 5.11 Å². The quantitative estimate of drug-likeness (QED) is 0.793. The van der Waals surface area contributed by atoms with Crippen molar-refractivity contribution in [1.82, 2.24) is 4.98 Å². The van der Waals surface area contributed by atoms with Crippen molar-refractivity contribution in [3.63, 3.8) is 0 Å². The molecule has 0 saturated carbocycles. The summed E-state index contributed by atoms with van der Waals surface area (Å²) < 4.78 is 0. The molecule has 4 heteroatoms. The normalized spacial score (nSPS) is 9.93. The molecule has 0 fully saturated rings. The molecule has 1 rings (SSSR count). The molecule has 1 aromatic heterocycles. The first-order chi connectivity index (χ1) is 6.56. The van der Waals surface area contributed by atoms with Gasteiger partial charge in [0, 0.05) is 19.8 Å². The summed E-state index contributed by atoms with van der Waals surface area (Å²) in [6.07, 6.45) is 1.39. The number of anilines is 1. The van der Waals surface area contributed by atoms with Gasteiger partial charge in [0.05, 0.1) is 5.56 Å². The molecule has 0 amide bonds. The monoisotopic (exact) mass is 194 g/mol. The molecular formula is C10H14N2O2. The van der Waals surface area contributed by atoms with Crippen LogP contribution in [0.25, 0.3) is 0 Å². The van der Waals surface area contributed by atoms with Crippen LogP contribution in [-0.4, -0.2) is 29.7 Å². The zero-order valence-corrected chi connectivity index (χ0v) is 8.61. The molecule has 0 radical (unpaired) electrons. The molecular weight excluding hydrogens is 180 g/mol. The number of hydrogen-bond acceptors (Lipinski definition) is 3. The average Bonchev–Trinajstić information content (AvgIpc) is 2.16. The summed E-state index contributed by atoms with van der Waals surface area (Å²) >= 11 is 0. The molecule has 1 heterocycles. The van der Waals surface area contributed by atoms with Crippen LogP contribution >= 0.6 is 0 Å². The number of rotatable bonds is 3. The molecule has 14 heavy (non-hydrogen) atoms. The van der Waals surface area contributed by atoms with Crippen LogP contribution in [-0.2, 0) is 0 Å². The molecule has 1 N–H and O–H groups in total. The second kappa shape index (κ2) is 4.09. The smallest absolute Gasteiger partial charge is 0.337 e. The Morgan fingerprint density at radius 2 is 2.29 bits per heavy atom. The van der Waals surface area contributed by atoms with Crippen LogP contribution in [0.15, 0.2) is 12.3 Å². The Morgan fingerprint density at radius 3 is 2.71 bits per heavy atom. The number of aryl methyl sites for hydroxylation is 1. The third-order valence-corrected chi connectivity index (χ3v) is 2.13. The summed E-state index contributed by atoms with van der Waals surface area (Å²) in [4.78, 5) is 16.7. The van der Waals surface area contributed by atoms with E-state index in [1.54, 1.807) is 6.07 Å². The van der Waals surface area contributed by atoms with Crippen LogP contribution in [0.1, 0.15) is 22.8 Å². The lowest BCUT2D eigenvalue weighted by molar-refractivity contribution is 0.0696. The largest absolute Gasteiger partial charge is 0.478 e. The fraction of sp³-hybridized carbons (Fsp3) is 0.400. The van der Waals surface area contributed by atoms with Gasteiger partial charge in [-0.3, -0.25) is 0 Å². The van der Waals surface area contributed by atoms with Gasteiger partial charge in [-0.15, -0.1) is 0 Å². The standard InChI is InChI=1S/C10H14N2O2/c1-4-12(3)9-7(2)5-8(6-11-9)10(13)14/h5-6H,4H2,1-3H3,(H,13,14). The van der Waals surface area contributed by atoms with E-state index >= 15 is 0 Å². The van der Waals surface area contributed by atoms with Crippen molar-refractivity contribution in [1.29, 1.82) is 0 Å². The third kappa shape index (κ3) is 2.02. The van der Waals surface area contributed by atoms with Crippen LogP contribution in [0.4, 0.5) is 5.82 Å². The van der Waals surface area contributed by atoms with E-state index < -0.39 is 5.97 Å². The minimum absolute atomic E-state index is 0.232. The van der Waals surface area contributed by atoms with E-state index in [0.717, 1.165) is 17.9 Å². The van der Waals surface area contributed by atoms with Gasteiger partial charge in [-0.05, 0) is 25.5 Å². The number of carboxylic acids is 1. The Hall–Kier alpha value is -1.58. The van der Waals surface area contributed by atoms with Gasteiger partial charge in [0.15, 0.2) is 0 Å². The maximum absolute atomic E-state index is 10.7. The van der Waals surface area contributed by atoms with Crippen LogP contribution in [0.2, 0.25) is 0 Å². The Balaban J connectivity index is 3.07. The zero-order chi connectivity index (χ0) is 10.7. The Morgan fingerprint density at radius 1 is 1.64 bits per heavy atom. The van der Waals surface area contributed by atoms with E-state index in [1.807, 2.05) is 25.8 Å². The van der Waals surface area contributed by atoms with Crippen molar-refractivity contribution in [3.8, 4) is 0 Å². The van der Waals surface area contributed by atoms with Crippen molar-refractivity contribution < 1.29 is 9.90 Å².